The predicted octanol–water partition coefficient (Wildman–Crippen LogP) is -0.934. The smallest absolute Gasteiger partial charge is 0.328 e. The monoisotopic (exact) mass is 235 g/mol. The number of rotatable bonds is 5. The average molecular weight is 235 g/mol. The Morgan fingerprint density at radius 1 is 1.53 bits per heavy atom. The Hall–Kier alpha value is -2.29. The third-order valence-electron chi connectivity index (χ3n) is 2.07. The molecule has 0 saturated carbocycles. The molecule has 6 nitrogen and oxygen atoms in total. The highest BCUT2D eigenvalue weighted by molar-refractivity contribution is 5.75. The fourth-order valence-corrected chi connectivity index (χ4v) is 1.20. The second-order valence-electron chi connectivity index (χ2n) is 3.36. The number of carbonyl (C=O) groups is 1. The van der Waals surface area contributed by atoms with Crippen LogP contribution in [0.4, 0.5) is 0 Å². The zero-order valence-corrected chi connectivity index (χ0v) is 9.23. The Kier molecular flexibility index (Phi) is 4.76. The Labute approximate surface area is 97.7 Å². The molecule has 1 rings (SSSR count). The molecule has 0 fully saturated rings. The van der Waals surface area contributed by atoms with Crippen molar-refractivity contribution in [2.24, 2.45) is 0 Å². The van der Waals surface area contributed by atoms with Crippen LogP contribution in [0.2, 0.25) is 0 Å². The SMILES string of the molecule is C#CCCNC(=O)CCn1ccc(=O)[nH]c1=O. The number of nitrogens with one attached hydrogen (secondary N) is 2. The lowest BCUT2D eigenvalue weighted by Crippen LogP contribution is -2.31. The van der Waals surface area contributed by atoms with Crippen LogP contribution in [0.1, 0.15) is 12.8 Å². The van der Waals surface area contributed by atoms with Crippen LogP contribution in [0.3, 0.4) is 0 Å². The quantitative estimate of drug-likeness (QED) is 0.510. The molecule has 1 amide bonds. The number of hydrogen-bond donors (Lipinski definition) is 2. The van der Waals surface area contributed by atoms with E-state index in [1.807, 2.05) is 0 Å². The fraction of sp³-hybridized carbons (Fsp3) is 0.364. The van der Waals surface area contributed by atoms with Crippen molar-refractivity contribution < 1.29 is 4.79 Å². The summed E-state index contributed by atoms with van der Waals surface area (Å²) in [6.45, 7) is 0.646. The molecule has 0 spiro atoms. The summed E-state index contributed by atoms with van der Waals surface area (Å²) in [6, 6.07) is 1.23. The Bertz CT molecular complexity index is 536. The minimum Gasteiger partial charge on any atom is -0.355 e. The van der Waals surface area contributed by atoms with E-state index in [0.29, 0.717) is 13.0 Å². The molecule has 0 bridgehead atoms. The van der Waals surface area contributed by atoms with Crippen LogP contribution >= 0.6 is 0 Å². The lowest BCUT2D eigenvalue weighted by Gasteiger charge is -2.04. The number of H-pyrrole nitrogens is 1. The molecule has 0 unspecified atom stereocenters. The highest BCUT2D eigenvalue weighted by Gasteiger charge is 2.02. The fourth-order valence-electron chi connectivity index (χ4n) is 1.20. The van der Waals surface area contributed by atoms with Crippen LogP contribution in [-0.4, -0.2) is 22.0 Å². The molecule has 90 valence electrons. The van der Waals surface area contributed by atoms with Crippen molar-refractivity contribution in [2.75, 3.05) is 6.54 Å². The van der Waals surface area contributed by atoms with E-state index in [4.69, 9.17) is 6.42 Å². The highest BCUT2D eigenvalue weighted by Crippen LogP contribution is 1.85. The van der Waals surface area contributed by atoms with Crippen LogP contribution < -0.4 is 16.6 Å². The molecule has 0 aromatic carbocycles. The summed E-state index contributed by atoms with van der Waals surface area (Å²) >= 11 is 0. The molecule has 0 aliphatic carbocycles. The lowest BCUT2D eigenvalue weighted by molar-refractivity contribution is -0.121. The predicted molar refractivity (Wildman–Crippen MR) is 62.4 cm³/mol. The third kappa shape index (κ3) is 4.38. The maximum atomic E-state index is 11.3. The molecule has 0 radical (unpaired) electrons. The molecule has 0 aliphatic heterocycles. The Morgan fingerprint density at radius 3 is 2.94 bits per heavy atom. The molecule has 0 atom stereocenters. The van der Waals surface area contributed by atoms with Crippen LogP contribution in [0.5, 0.6) is 0 Å². The minimum atomic E-state index is -0.520. The maximum absolute atomic E-state index is 11.3. The zero-order chi connectivity index (χ0) is 12.7. The molecule has 1 heterocycles. The van der Waals surface area contributed by atoms with Crippen molar-refractivity contribution in [1.82, 2.24) is 14.9 Å². The van der Waals surface area contributed by atoms with Crippen molar-refractivity contribution in [1.29, 1.82) is 0 Å². The van der Waals surface area contributed by atoms with Crippen molar-refractivity contribution in [3.63, 3.8) is 0 Å². The van der Waals surface area contributed by atoms with Gasteiger partial charge in [-0.25, -0.2) is 4.79 Å². The van der Waals surface area contributed by atoms with Gasteiger partial charge in [0.05, 0.1) is 0 Å². The normalized spacial score (nSPS) is 9.59. The molecular weight excluding hydrogens is 222 g/mol. The summed E-state index contributed by atoms with van der Waals surface area (Å²) in [5.74, 6) is 2.22. The third-order valence-corrected chi connectivity index (χ3v) is 2.07. The number of aryl methyl sites for hydroxylation is 1. The van der Waals surface area contributed by atoms with Gasteiger partial charge in [-0.15, -0.1) is 12.3 Å². The van der Waals surface area contributed by atoms with E-state index in [2.05, 4.69) is 16.2 Å². The maximum Gasteiger partial charge on any atom is 0.328 e. The molecule has 1 aromatic heterocycles. The van der Waals surface area contributed by atoms with Gasteiger partial charge in [-0.2, -0.15) is 0 Å². The van der Waals surface area contributed by atoms with Gasteiger partial charge in [0.1, 0.15) is 0 Å². The molecular formula is C11H13N3O3. The van der Waals surface area contributed by atoms with Gasteiger partial charge < -0.3 is 9.88 Å². The number of aromatic nitrogens is 2. The van der Waals surface area contributed by atoms with Gasteiger partial charge >= 0.3 is 5.69 Å². The lowest BCUT2D eigenvalue weighted by atomic mass is 10.3. The Morgan fingerprint density at radius 2 is 2.29 bits per heavy atom. The van der Waals surface area contributed by atoms with Gasteiger partial charge in [0.2, 0.25) is 5.91 Å². The first kappa shape index (κ1) is 12.8. The first-order valence-electron chi connectivity index (χ1n) is 5.13. The van der Waals surface area contributed by atoms with Crippen LogP contribution in [0.15, 0.2) is 21.9 Å². The topological polar surface area (TPSA) is 84.0 Å². The highest BCUT2D eigenvalue weighted by atomic mass is 16.2. The van der Waals surface area contributed by atoms with Gasteiger partial charge in [-0.05, 0) is 0 Å². The van der Waals surface area contributed by atoms with Gasteiger partial charge in [0.25, 0.3) is 5.56 Å². The van der Waals surface area contributed by atoms with E-state index >= 15 is 0 Å². The van der Waals surface area contributed by atoms with E-state index in [9.17, 15) is 14.4 Å². The van der Waals surface area contributed by atoms with Crippen molar-refractivity contribution in [2.45, 2.75) is 19.4 Å². The summed E-state index contributed by atoms with van der Waals surface area (Å²) in [5, 5.41) is 2.62. The number of hydrogen-bond acceptors (Lipinski definition) is 3. The molecule has 0 saturated heterocycles. The molecule has 17 heavy (non-hydrogen) atoms. The van der Waals surface area contributed by atoms with E-state index in [0.717, 1.165) is 0 Å². The van der Waals surface area contributed by atoms with Crippen molar-refractivity contribution in [3.8, 4) is 12.3 Å². The number of nitrogens with zero attached hydrogens (tertiary/aromatic N) is 1. The molecule has 2 N–H and O–H groups in total. The second kappa shape index (κ2) is 6.33. The van der Waals surface area contributed by atoms with Gasteiger partial charge in [-0.3, -0.25) is 14.6 Å². The summed E-state index contributed by atoms with van der Waals surface area (Å²) < 4.78 is 1.27. The van der Waals surface area contributed by atoms with E-state index < -0.39 is 11.2 Å². The zero-order valence-electron chi connectivity index (χ0n) is 9.23. The second-order valence-corrected chi connectivity index (χ2v) is 3.36. The van der Waals surface area contributed by atoms with E-state index in [1.54, 1.807) is 0 Å². The van der Waals surface area contributed by atoms with E-state index in [1.165, 1.54) is 16.8 Å². The summed E-state index contributed by atoms with van der Waals surface area (Å²) in [5.41, 5.74) is -0.973. The van der Waals surface area contributed by atoms with Crippen LogP contribution in [0, 0.1) is 12.3 Å². The van der Waals surface area contributed by atoms with Crippen molar-refractivity contribution in [3.05, 3.63) is 33.1 Å². The summed E-state index contributed by atoms with van der Waals surface area (Å²) in [6.07, 6.45) is 7.03. The van der Waals surface area contributed by atoms with Crippen molar-refractivity contribution >= 4 is 5.91 Å². The Balaban J connectivity index is 2.45. The van der Waals surface area contributed by atoms with Gasteiger partial charge in [0, 0.05) is 38.2 Å². The van der Waals surface area contributed by atoms with E-state index in [-0.39, 0.29) is 18.9 Å². The van der Waals surface area contributed by atoms with Gasteiger partial charge in [0.15, 0.2) is 0 Å². The van der Waals surface area contributed by atoms with Gasteiger partial charge in [-0.1, -0.05) is 0 Å². The number of terminal acetylenes is 1. The minimum absolute atomic E-state index is 0.163. The van der Waals surface area contributed by atoms with Crippen LogP contribution in [0.25, 0.3) is 0 Å². The summed E-state index contributed by atoms with van der Waals surface area (Å²) in [7, 11) is 0. The van der Waals surface area contributed by atoms with Crippen LogP contribution in [-0.2, 0) is 11.3 Å². The largest absolute Gasteiger partial charge is 0.355 e. The summed E-state index contributed by atoms with van der Waals surface area (Å²) in [4.78, 5) is 35.5. The number of carbonyl (C=O) groups excluding carboxylic acids is 1. The number of aromatic amines is 1. The number of amides is 1. The molecule has 0 aliphatic rings. The average Bonchev–Trinajstić information content (AvgIpc) is 2.28. The molecule has 1 aromatic rings. The first-order valence-corrected chi connectivity index (χ1v) is 5.13. The molecule has 6 heteroatoms. The first-order chi connectivity index (χ1) is 8.13. The standard InChI is InChI=1S/C11H13N3O3/c1-2-3-6-12-9(15)4-7-14-8-5-10(16)13-11(14)17/h1,5,8H,3-4,6-7H2,(H,12,15)(H,13,16,17).